The predicted octanol–water partition coefficient (Wildman–Crippen LogP) is 2.05. The third-order valence-corrected chi connectivity index (χ3v) is 2.55. The van der Waals surface area contributed by atoms with E-state index in [0.717, 1.165) is 19.3 Å². The van der Waals surface area contributed by atoms with Gasteiger partial charge in [-0.1, -0.05) is 18.2 Å². The van der Waals surface area contributed by atoms with Crippen LogP contribution < -0.4 is 0 Å². The van der Waals surface area contributed by atoms with Crippen molar-refractivity contribution in [2.75, 3.05) is 6.61 Å². The van der Waals surface area contributed by atoms with Crippen LogP contribution >= 0.6 is 0 Å². The fourth-order valence-electron chi connectivity index (χ4n) is 1.50. The lowest BCUT2D eigenvalue weighted by Crippen LogP contribution is -2.43. The molecule has 1 N–H and O–H groups in total. The molecular weight excluding hydrogens is 164 g/mol. The molecule has 74 valence electrons. The average molecular weight is 182 g/mol. The highest BCUT2D eigenvalue weighted by Crippen LogP contribution is 2.26. The van der Waals surface area contributed by atoms with Gasteiger partial charge in [-0.2, -0.15) is 0 Å². The van der Waals surface area contributed by atoms with Crippen LogP contribution in [0.15, 0.2) is 24.8 Å². The molecule has 1 rings (SSSR count). The first-order valence-electron chi connectivity index (χ1n) is 4.77. The van der Waals surface area contributed by atoms with Crippen molar-refractivity contribution in [3.8, 4) is 0 Å². The van der Waals surface area contributed by atoms with E-state index in [9.17, 15) is 5.11 Å². The highest BCUT2D eigenvalue weighted by molar-refractivity contribution is 4.99. The smallest absolute Gasteiger partial charge is 0.0950 e. The summed E-state index contributed by atoms with van der Waals surface area (Å²) in [5.41, 5.74) is -0.391. The van der Waals surface area contributed by atoms with Crippen molar-refractivity contribution in [1.29, 1.82) is 0 Å². The van der Waals surface area contributed by atoms with Crippen LogP contribution in [0.3, 0.4) is 0 Å². The molecule has 0 unspecified atom stereocenters. The highest BCUT2D eigenvalue weighted by atomic mass is 16.5. The fraction of sp³-hybridized carbons (Fsp3) is 0.636. The fourth-order valence-corrected chi connectivity index (χ4v) is 1.50. The summed E-state index contributed by atoms with van der Waals surface area (Å²) in [4.78, 5) is 0. The number of aliphatic hydroxyl groups is 1. The van der Waals surface area contributed by atoms with Crippen LogP contribution in [-0.4, -0.2) is 23.4 Å². The maximum absolute atomic E-state index is 9.86. The van der Waals surface area contributed by atoms with E-state index in [4.69, 9.17) is 4.74 Å². The maximum Gasteiger partial charge on any atom is 0.0950 e. The normalized spacial score (nSPS) is 30.0. The van der Waals surface area contributed by atoms with Gasteiger partial charge >= 0.3 is 0 Å². The van der Waals surface area contributed by atoms with E-state index in [2.05, 4.69) is 12.7 Å². The monoisotopic (exact) mass is 182 g/mol. The second-order valence-electron chi connectivity index (χ2n) is 3.68. The van der Waals surface area contributed by atoms with Gasteiger partial charge in [0.15, 0.2) is 0 Å². The molecule has 2 nitrogen and oxygen atoms in total. The van der Waals surface area contributed by atoms with Gasteiger partial charge in [0.1, 0.15) is 0 Å². The molecule has 2 heteroatoms. The molecule has 0 aliphatic carbocycles. The second-order valence-corrected chi connectivity index (χ2v) is 3.68. The van der Waals surface area contributed by atoms with Gasteiger partial charge < -0.3 is 9.84 Å². The van der Waals surface area contributed by atoms with Crippen molar-refractivity contribution in [1.82, 2.24) is 0 Å². The Morgan fingerprint density at radius 2 is 2.46 bits per heavy atom. The number of ether oxygens (including phenoxy) is 1. The Kier molecular flexibility index (Phi) is 3.70. The Morgan fingerprint density at radius 3 is 3.00 bits per heavy atom. The van der Waals surface area contributed by atoms with Gasteiger partial charge in [-0.25, -0.2) is 0 Å². The molecule has 0 radical (unpaired) electrons. The Balaban J connectivity index is 2.47. The van der Waals surface area contributed by atoms with Crippen LogP contribution in [0.1, 0.15) is 26.2 Å². The van der Waals surface area contributed by atoms with Crippen LogP contribution in [0.4, 0.5) is 0 Å². The molecule has 0 aromatic carbocycles. The summed E-state index contributed by atoms with van der Waals surface area (Å²) in [5.74, 6) is 0. The minimum absolute atomic E-state index is 0.391. The van der Waals surface area contributed by atoms with E-state index in [1.807, 2.05) is 19.1 Å². The van der Waals surface area contributed by atoms with Crippen LogP contribution in [0.25, 0.3) is 0 Å². The lowest BCUT2D eigenvalue weighted by atomic mass is 9.90. The number of aliphatic hydroxyl groups excluding tert-OH is 1. The summed E-state index contributed by atoms with van der Waals surface area (Å²) in [6.07, 6.45) is 7.85. The van der Waals surface area contributed by atoms with Gasteiger partial charge in [0.25, 0.3) is 0 Å². The molecule has 1 aliphatic heterocycles. The van der Waals surface area contributed by atoms with Crippen molar-refractivity contribution < 1.29 is 9.84 Å². The van der Waals surface area contributed by atoms with Crippen molar-refractivity contribution in [2.24, 2.45) is 0 Å². The molecule has 2 atom stereocenters. The quantitative estimate of drug-likeness (QED) is 0.674. The van der Waals surface area contributed by atoms with Gasteiger partial charge in [0.05, 0.1) is 18.3 Å². The lowest BCUT2D eigenvalue weighted by Gasteiger charge is -2.35. The van der Waals surface area contributed by atoms with E-state index >= 15 is 0 Å². The molecule has 0 saturated carbocycles. The summed E-state index contributed by atoms with van der Waals surface area (Å²) < 4.78 is 5.55. The van der Waals surface area contributed by atoms with E-state index in [1.54, 1.807) is 0 Å². The summed E-state index contributed by atoms with van der Waals surface area (Å²) in [6.45, 7) is 6.21. The van der Waals surface area contributed by atoms with Gasteiger partial charge in [0.2, 0.25) is 0 Å². The van der Waals surface area contributed by atoms with Crippen molar-refractivity contribution in [3.63, 3.8) is 0 Å². The SMILES string of the molecule is C=CCC[C@H](O)[C@@]1(C)CC=CCO1. The highest BCUT2D eigenvalue weighted by Gasteiger charge is 2.33. The van der Waals surface area contributed by atoms with E-state index < -0.39 is 11.7 Å². The second kappa shape index (κ2) is 4.58. The number of allylic oxidation sites excluding steroid dienone is 1. The van der Waals surface area contributed by atoms with Crippen molar-refractivity contribution in [2.45, 2.75) is 37.9 Å². The van der Waals surface area contributed by atoms with Crippen molar-refractivity contribution >= 4 is 0 Å². The van der Waals surface area contributed by atoms with Crippen LogP contribution in [0, 0.1) is 0 Å². The molecular formula is C11H18O2. The molecule has 1 heterocycles. The molecule has 0 fully saturated rings. The first kappa shape index (κ1) is 10.5. The molecule has 0 bridgehead atoms. The Bertz CT molecular complexity index is 198. The minimum atomic E-state index is -0.393. The molecule has 0 amide bonds. The molecule has 13 heavy (non-hydrogen) atoms. The van der Waals surface area contributed by atoms with Crippen LogP contribution in [0.5, 0.6) is 0 Å². The first-order chi connectivity index (χ1) is 6.19. The lowest BCUT2D eigenvalue weighted by molar-refractivity contribution is -0.108. The number of hydrogen-bond donors (Lipinski definition) is 1. The zero-order valence-corrected chi connectivity index (χ0v) is 8.20. The topological polar surface area (TPSA) is 29.5 Å². The molecule has 0 aromatic rings. The molecule has 0 saturated heterocycles. The Labute approximate surface area is 79.9 Å². The summed E-state index contributed by atoms with van der Waals surface area (Å²) in [6, 6.07) is 0. The maximum atomic E-state index is 9.86. The minimum Gasteiger partial charge on any atom is -0.390 e. The third kappa shape index (κ3) is 2.68. The summed E-state index contributed by atoms with van der Waals surface area (Å²) in [5, 5.41) is 9.86. The zero-order valence-electron chi connectivity index (χ0n) is 8.20. The molecule has 0 spiro atoms. The van der Waals surface area contributed by atoms with Crippen LogP contribution in [0.2, 0.25) is 0 Å². The van der Waals surface area contributed by atoms with Gasteiger partial charge in [-0.05, 0) is 26.2 Å². The average Bonchev–Trinajstić information content (AvgIpc) is 2.15. The Hall–Kier alpha value is -0.600. The van der Waals surface area contributed by atoms with Crippen molar-refractivity contribution in [3.05, 3.63) is 24.8 Å². The number of rotatable bonds is 4. The standard InChI is InChI=1S/C11H18O2/c1-3-4-7-10(12)11(2)8-5-6-9-13-11/h3,5-6,10,12H,1,4,7-9H2,2H3/t10-,11+/m0/s1. The third-order valence-electron chi connectivity index (χ3n) is 2.55. The van der Waals surface area contributed by atoms with E-state index in [-0.39, 0.29) is 0 Å². The molecule has 1 aliphatic rings. The Morgan fingerprint density at radius 1 is 1.69 bits per heavy atom. The summed E-state index contributed by atoms with van der Waals surface area (Å²) in [7, 11) is 0. The summed E-state index contributed by atoms with van der Waals surface area (Å²) >= 11 is 0. The predicted molar refractivity (Wildman–Crippen MR) is 53.6 cm³/mol. The largest absolute Gasteiger partial charge is 0.390 e. The first-order valence-corrected chi connectivity index (χ1v) is 4.77. The zero-order chi connectivity index (χ0) is 9.73. The van der Waals surface area contributed by atoms with Gasteiger partial charge in [-0.15, -0.1) is 6.58 Å². The molecule has 0 aromatic heterocycles. The van der Waals surface area contributed by atoms with Gasteiger partial charge in [0, 0.05) is 0 Å². The van der Waals surface area contributed by atoms with Crippen LogP contribution in [-0.2, 0) is 4.74 Å². The van der Waals surface area contributed by atoms with E-state index in [0.29, 0.717) is 6.61 Å². The number of hydrogen-bond acceptors (Lipinski definition) is 2. The van der Waals surface area contributed by atoms with Gasteiger partial charge in [-0.3, -0.25) is 0 Å². The van der Waals surface area contributed by atoms with E-state index in [1.165, 1.54) is 0 Å².